The minimum Gasteiger partial charge on any atom is -0.413 e. The zero-order chi connectivity index (χ0) is 45.8. The molecule has 65 heavy (non-hydrogen) atoms. The van der Waals surface area contributed by atoms with Crippen LogP contribution in [0.15, 0.2) is 106 Å². The number of nitrogens with one attached hydrogen (secondary N) is 1. The molecule has 0 saturated carbocycles. The predicted octanol–water partition coefficient (Wildman–Crippen LogP) is 8.37. The van der Waals surface area contributed by atoms with Crippen LogP contribution < -0.4 is 15.1 Å². The maximum atomic E-state index is 14.9. The van der Waals surface area contributed by atoms with Gasteiger partial charge in [-0.05, 0) is 48.5 Å². The van der Waals surface area contributed by atoms with Crippen molar-refractivity contribution in [3.63, 3.8) is 0 Å². The van der Waals surface area contributed by atoms with E-state index in [-0.39, 0.29) is 71.4 Å². The Hall–Kier alpha value is -6.74. The Morgan fingerprint density at radius 1 is 0.646 bits per heavy atom. The number of aromatic nitrogens is 4. The van der Waals surface area contributed by atoms with E-state index in [2.05, 4.69) is 34.5 Å². The first kappa shape index (κ1) is 47.7. The number of carbonyl (C=O) groups excluding carboxylic acids is 3. The van der Waals surface area contributed by atoms with Gasteiger partial charge in [-0.25, -0.2) is 8.78 Å². The first-order valence-corrected chi connectivity index (χ1v) is 19.6. The molecule has 8 rings (SSSR count). The second kappa shape index (κ2) is 20.0. The largest absolute Gasteiger partial charge is 0.470 e. The van der Waals surface area contributed by atoms with E-state index in [1.807, 2.05) is 6.07 Å². The van der Waals surface area contributed by atoms with E-state index in [4.69, 9.17) is 0 Å². The molecule has 342 valence electrons. The van der Waals surface area contributed by atoms with Crippen molar-refractivity contribution in [1.29, 1.82) is 0 Å². The molecule has 0 aliphatic carbocycles. The molecule has 6 aromatic rings. The third-order valence-electron chi connectivity index (χ3n) is 10.3. The summed E-state index contributed by atoms with van der Waals surface area (Å²) < 4.78 is 115. The Morgan fingerprint density at radius 3 is 1.40 bits per heavy atom. The van der Waals surface area contributed by atoms with Gasteiger partial charge < -0.3 is 28.9 Å². The molecule has 4 aromatic carbocycles. The van der Waals surface area contributed by atoms with E-state index >= 15 is 0 Å². The number of halogens is 9. The molecule has 0 unspecified atom stereocenters. The Labute approximate surface area is 370 Å². The van der Waals surface area contributed by atoms with Gasteiger partial charge >= 0.3 is 24.1 Å². The van der Waals surface area contributed by atoms with Crippen LogP contribution in [0.25, 0.3) is 22.9 Å². The van der Waals surface area contributed by atoms with E-state index in [1.165, 1.54) is 34.1 Å². The fourth-order valence-corrected chi connectivity index (χ4v) is 6.64. The van der Waals surface area contributed by atoms with Gasteiger partial charge in [-0.15, -0.1) is 32.8 Å². The number of carbonyl (C=O) groups is 3. The normalized spacial score (nSPS) is 14.0. The standard InChI is InChI=1S/C23H20F4N4O3.C20H16F4N4O2.ClH/c1-2-19(32)30-11-16(12-30)21(33)31(17-6-4-3-5-7-17)13-15-9-8-14(10-18(15)24)20-28-29-22(34-20)23(25,26)27;21-16-8-12(17-26-27-19(30-17)20(22,23)24)6-7-13(16)11-28(15-4-2-1-3-5-15)18(29)14-9-25-10-14;/h3-10,16H,2,11-13H2,1H3;1-8,14,25H,9-11H2;1H. The third kappa shape index (κ3) is 11.1. The molecule has 22 heteroatoms. The van der Waals surface area contributed by atoms with Gasteiger partial charge in [-0.1, -0.05) is 55.5 Å². The van der Waals surface area contributed by atoms with Gasteiger partial charge in [0.25, 0.3) is 0 Å². The maximum Gasteiger partial charge on any atom is 0.470 e. The molecule has 2 aliphatic heterocycles. The molecule has 2 fully saturated rings. The highest BCUT2D eigenvalue weighted by Gasteiger charge is 2.40. The lowest BCUT2D eigenvalue weighted by atomic mass is 9.97. The molecule has 0 bridgehead atoms. The molecule has 0 radical (unpaired) electrons. The van der Waals surface area contributed by atoms with Crippen LogP contribution in [0.2, 0.25) is 0 Å². The quantitative estimate of drug-likeness (QED) is 0.126. The highest BCUT2D eigenvalue weighted by Crippen LogP contribution is 2.33. The second-order valence-electron chi connectivity index (χ2n) is 14.7. The van der Waals surface area contributed by atoms with Crippen molar-refractivity contribution in [1.82, 2.24) is 30.6 Å². The average molecular weight is 933 g/mol. The Balaban J connectivity index is 0.000000214. The lowest BCUT2D eigenvalue weighted by Gasteiger charge is -2.40. The Bertz CT molecular complexity index is 2600. The van der Waals surface area contributed by atoms with Crippen LogP contribution in [0.3, 0.4) is 0 Å². The Kier molecular flexibility index (Phi) is 14.7. The van der Waals surface area contributed by atoms with Crippen LogP contribution in [0, 0.1) is 23.5 Å². The van der Waals surface area contributed by atoms with Crippen LogP contribution in [0.5, 0.6) is 0 Å². The number of para-hydroxylation sites is 2. The van der Waals surface area contributed by atoms with Crippen LogP contribution in [-0.2, 0) is 39.8 Å². The molecule has 0 spiro atoms. The van der Waals surface area contributed by atoms with E-state index in [0.29, 0.717) is 44.0 Å². The van der Waals surface area contributed by atoms with Gasteiger partial charge in [0.15, 0.2) is 0 Å². The molecule has 2 saturated heterocycles. The van der Waals surface area contributed by atoms with Crippen LogP contribution in [0.1, 0.15) is 36.3 Å². The van der Waals surface area contributed by atoms with Gasteiger partial charge in [0.2, 0.25) is 29.5 Å². The minimum absolute atomic E-state index is 0. The zero-order valence-electron chi connectivity index (χ0n) is 33.9. The topological polar surface area (TPSA) is 151 Å². The van der Waals surface area contributed by atoms with Gasteiger partial charge in [-0.2, -0.15) is 26.3 Å². The van der Waals surface area contributed by atoms with Crippen LogP contribution in [0.4, 0.5) is 46.5 Å². The van der Waals surface area contributed by atoms with Crippen molar-refractivity contribution in [2.45, 2.75) is 38.8 Å². The number of hydrogen-bond donors (Lipinski definition) is 1. The lowest BCUT2D eigenvalue weighted by molar-refractivity contribution is -0.157. The number of nitrogens with zero attached hydrogens (tertiary/aromatic N) is 7. The summed E-state index contributed by atoms with van der Waals surface area (Å²) in [6.45, 7) is 3.33. The number of anilines is 2. The van der Waals surface area contributed by atoms with Crippen LogP contribution in [-0.4, -0.2) is 69.2 Å². The highest BCUT2D eigenvalue weighted by atomic mass is 35.5. The number of amides is 3. The third-order valence-corrected chi connectivity index (χ3v) is 10.3. The predicted molar refractivity (Wildman–Crippen MR) is 219 cm³/mol. The van der Waals surface area contributed by atoms with Crippen molar-refractivity contribution in [3.05, 3.63) is 132 Å². The fourth-order valence-electron chi connectivity index (χ4n) is 6.64. The zero-order valence-corrected chi connectivity index (χ0v) is 34.8. The number of alkyl halides is 6. The monoisotopic (exact) mass is 932 g/mol. The summed E-state index contributed by atoms with van der Waals surface area (Å²) in [5, 5.41) is 15.6. The molecule has 13 nitrogen and oxygen atoms in total. The first-order valence-electron chi connectivity index (χ1n) is 19.6. The number of hydrogen-bond acceptors (Lipinski definition) is 10. The SMILES string of the molecule is CCC(=O)N1CC(C(=O)N(Cc2ccc(-c3nnc(C(F)(F)F)o3)cc2F)c2ccccc2)C1.Cl.O=C(C1CNC1)N(Cc1ccc(-c2nnc(C(F)(F)F)o2)cc1F)c1ccccc1. The summed E-state index contributed by atoms with van der Waals surface area (Å²) in [5.41, 5.74) is 1.54. The summed E-state index contributed by atoms with van der Waals surface area (Å²) in [6, 6.07) is 25.1. The molecule has 1 N–H and O–H groups in total. The molecular weight excluding hydrogens is 896 g/mol. The van der Waals surface area contributed by atoms with Gasteiger partial charge in [0.1, 0.15) is 11.6 Å². The van der Waals surface area contributed by atoms with E-state index < -0.39 is 53.5 Å². The summed E-state index contributed by atoms with van der Waals surface area (Å²) >= 11 is 0. The second-order valence-corrected chi connectivity index (χ2v) is 14.7. The van der Waals surface area contributed by atoms with Gasteiger partial charge in [-0.3, -0.25) is 14.4 Å². The van der Waals surface area contributed by atoms with Gasteiger partial charge in [0, 0.05) is 66.2 Å². The van der Waals surface area contributed by atoms with Crippen molar-refractivity contribution >= 4 is 41.5 Å². The van der Waals surface area contributed by atoms with E-state index in [0.717, 1.165) is 12.1 Å². The summed E-state index contributed by atoms with van der Waals surface area (Å²) in [6.07, 6.45) is -9.23. The number of likely N-dealkylation sites (tertiary alicyclic amines) is 1. The summed E-state index contributed by atoms with van der Waals surface area (Å²) in [4.78, 5) is 42.4. The Morgan fingerprint density at radius 2 is 1.06 bits per heavy atom. The minimum atomic E-state index is -4.81. The molecular formula is C43H37ClF8N8O5. The first-order chi connectivity index (χ1) is 30.5. The smallest absolute Gasteiger partial charge is 0.413 e. The average Bonchev–Trinajstić information content (AvgIpc) is 3.95. The molecule has 3 amide bonds. The van der Waals surface area contributed by atoms with Crippen molar-refractivity contribution in [3.8, 4) is 22.9 Å². The number of benzene rings is 4. The fraction of sp³-hybridized carbons (Fsp3) is 0.279. The maximum absolute atomic E-state index is 14.9. The van der Waals surface area contributed by atoms with Crippen molar-refractivity contribution in [2.24, 2.45) is 11.8 Å². The molecule has 2 aromatic heterocycles. The molecule has 2 aliphatic rings. The van der Waals surface area contributed by atoms with E-state index in [1.54, 1.807) is 66.4 Å². The number of rotatable bonds is 11. The van der Waals surface area contributed by atoms with Crippen molar-refractivity contribution in [2.75, 3.05) is 36.0 Å². The molecule has 0 atom stereocenters. The van der Waals surface area contributed by atoms with E-state index in [9.17, 15) is 49.5 Å². The highest BCUT2D eigenvalue weighted by molar-refractivity contribution is 5.97. The summed E-state index contributed by atoms with van der Waals surface area (Å²) in [7, 11) is 0. The lowest BCUT2D eigenvalue weighted by Crippen LogP contribution is -2.56. The van der Waals surface area contributed by atoms with Gasteiger partial charge in [0.05, 0.1) is 24.9 Å². The van der Waals surface area contributed by atoms with Crippen molar-refractivity contribution < 1.29 is 58.3 Å². The van der Waals surface area contributed by atoms with Crippen LogP contribution >= 0.6 is 12.4 Å². The summed E-state index contributed by atoms with van der Waals surface area (Å²) in [5.74, 6) is -6.38. The molecule has 4 heterocycles.